The number of amides is 1. The Morgan fingerprint density at radius 2 is 1.92 bits per heavy atom. The summed E-state index contributed by atoms with van der Waals surface area (Å²) in [5.41, 5.74) is 1.54. The van der Waals surface area contributed by atoms with E-state index in [0.717, 1.165) is 11.3 Å². The predicted octanol–water partition coefficient (Wildman–Crippen LogP) is 1.47. The van der Waals surface area contributed by atoms with Crippen molar-refractivity contribution in [2.45, 2.75) is 37.0 Å². The van der Waals surface area contributed by atoms with Crippen molar-refractivity contribution in [3.8, 4) is 0 Å². The molecular formula is C17H20N4O4S. The summed E-state index contributed by atoms with van der Waals surface area (Å²) in [5.74, 6) is 1.17. The first-order valence-electron chi connectivity index (χ1n) is 8.56. The van der Waals surface area contributed by atoms with Crippen LogP contribution in [-0.4, -0.2) is 49.0 Å². The van der Waals surface area contributed by atoms with Crippen LogP contribution in [-0.2, 0) is 21.2 Å². The van der Waals surface area contributed by atoms with E-state index in [1.165, 1.54) is 4.31 Å². The average molecular weight is 376 g/mol. The highest BCUT2D eigenvalue weighted by Crippen LogP contribution is 2.33. The topological polar surface area (TPSA) is 96.6 Å². The van der Waals surface area contributed by atoms with Gasteiger partial charge in [0.2, 0.25) is 27.7 Å². The summed E-state index contributed by atoms with van der Waals surface area (Å²) in [5, 5.41) is 7.89. The fraction of sp³-hybridized carbons (Fsp3) is 0.471. The first kappa shape index (κ1) is 17.2. The Balaban J connectivity index is 1.52. The largest absolute Gasteiger partial charge is 0.425 e. The summed E-state index contributed by atoms with van der Waals surface area (Å²) >= 11 is 0. The summed E-state index contributed by atoms with van der Waals surface area (Å²) < 4.78 is 32.9. The smallest absolute Gasteiger partial charge is 0.243 e. The van der Waals surface area contributed by atoms with Gasteiger partial charge in [-0.2, -0.15) is 4.31 Å². The first-order valence-corrected chi connectivity index (χ1v) is 10.00. The minimum Gasteiger partial charge on any atom is -0.425 e. The number of aryl methyl sites for hydroxylation is 1. The molecule has 1 fully saturated rings. The van der Waals surface area contributed by atoms with Gasteiger partial charge in [0.1, 0.15) is 0 Å². The highest BCUT2D eigenvalue weighted by atomic mass is 32.2. The number of aromatic nitrogens is 2. The van der Waals surface area contributed by atoms with Crippen molar-refractivity contribution >= 4 is 21.6 Å². The zero-order valence-electron chi connectivity index (χ0n) is 14.7. The molecule has 0 aliphatic carbocycles. The molecule has 8 nitrogen and oxygen atoms in total. The maximum Gasteiger partial charge on any atom is 0.243 e. The summed E-state index contributed by atoms with van der Waals surface area (Å²) in [4.78, 5) is 13.6. The fourth-order valence-electron chi connectivity index (χ4n) is 3.58. The van der Waals surface area contributed by atoms with Crippen LogP contribution in [0.4, 0.5) is 5.69 Å². The molecule has 138 valence electrons. The Labute approximate surface area is 151 Å². The van der Waals surface area contributed by atoms with Gasteiger partial charge in [0.05, 0.1) is 11.3 Å². The van der Waals surface area contributed by atoms with Gasteiger partial charge in [-0.15, -0.1) is 10.2 Å². The number of fused-ring (bicyclic) bond motifs is 1. The van der Waals surface area contributed by atoms with Crippen LogP contribution in [0.1, 0.15) is 36.1 Å². The lowest BCUT2D eigenvalue weighted by atomic mass is 9.98. The number of anilines is 1. The summed E-state index contributed by atoms with van der Waals surface area (Å²) in [6.07, 6.45) is 1.54. The number of benzene rings is 1. The molecule has 1 amide bonds. The standard InChI is InChI=1S/C17H20N4O4S/c1-11-18-19-17(25-11)12-5-7-21(8-6-12)26(23,24)14-3-4-15-13(9-14)10-16(22)20(15)2/h3-4,9,12H,5-8,10H2,1-2H3. The molecule has 2 aliphatic rings. The van der Waals surface area contributed by atoms with Gasteiger partial charge < -0.3 is 9.32 Å². The number of likely N-dealkylation sites (N-methyl/N-ethyl adjacent to an activating group) is 1. The van der Waals surface area contributed by atoms with Crippen LogP contribution in [0, 0.1) is 6.92 Å². The third kappa shape index (κ3) is 2.80. The quantitative estimate of drug-likeness (QED) is 0.805. The fourth-order valence-corrected chi connectivity index (χ4v) is 5.10. The zero-order chi connectivity index (χ0) is 18.5. The third-order valence-electron chi connectivity index (χ3n) is 5.11. The van der Waals surface area contributed by atoms with Gasteiger partial charge in [-0.25, -0.2) is 8.42 Å². The van der Waals surface area contributed by atoms with Gasteiger partial charge in [-0.1, -0.05) is 0 Å². The molecule has 9 heteroatoms. The average Bonchev–Trinajstić information content (AvgIpc) is 3.18. The monoisotopic (exact) mass is 376 g/mol. The predicted molar refractivity (Wildman–Crippen MR) is 93.3 cm³/mol. The maximum absolute atomic E-state index is 13.0. The Kier molecular flexibility index (Phi) is 4.07. The van der Waals surface area contributed by atoms with Crippen molar-refractivity contribution in [2.24, 2.45) is 0 Å². The molecule has 0 spiro atoms. The van der Waals surface area contributed by atoms with Crippen LogP contribution < -0.4 is 4.90 Å². The molecule has 0 radical (unpaired) electrons. The van der Waals surface area contributed by atoms with Crippen molar-refractivity contribution in [3.63, 3.8) is 0 Å². The van der Waals surface area contributed by atoms with E-state index in [9.17, 15) is 13.2 Å². The lowest BCUT2D eigenvalue weighted by molar-refractivity contribution is -0.117. The van der Waals surface area contributed by atoms with E-state index in [0.29, 0.717) is 37.7 Å². The summed E-state index contributed by atoms with van der Waals surface area (Å²) in [7, 11) is -1.88. The number of carbonyl (C=O) groups excluding carboxylic acids is 1. The Hall–Kier alpha value is -2.26. The highest BCUT2D eigenvalue weighted by molar-refractivity contribution is 7.89. The van der Waals surface area contributed by atoms with E-state index in [1.54, 1.807) is 37.1 Å². The van der Waals surface area contributed by atoms with Gasteiger partial charge in [0.25, 0.3) is 0 Å². The van der Waals surface area contributed by atoms with E-state index in [-0.39, 0.29) is 23.1 Å². The van der Waals surface area contributed by atoms with Crippen molar-refractivity contribution in [1.29, 1.82) is 0 Å². The van der Waals surface area contributed by atoms with Gasteiger partial charge >= 0.3 is 0 Å². The summed E-state index contributed by atoms with van der Waals surface area (Å²) in [6, 6.07) is 4.91. The molecule has 1 aromatic carbocycles. The van der Waals surface area contributed by atoms with E-state index in [4.69, 9.17) is 4.42 Å². The molecule has 2 aliphatic heterocycles. The van der Waals surface area contributed by atoms with E-state index in [2.05, 4.69) is 10.2 Å². The van der Waals surface area contributed by atoms with Gasteiger partial charge in [-0.05, 0) is 36.6 Å². The number of rotatable bonds is 3. The number of sulfonamides is 1. The van der Waals surface area contributed by atoms with Crippen LogP contribution >= 0.6 is 0 Å². The normalized spacial score (nSPS) is 19.2. The second-order valence-electron chi connectivity index (χ2n) is 6.76. The molecule has 4 rings (SSSR count). The molecule has 0 unspecified atom stereocenters. The van der Waals surface area contributed by atoms with Crippen LogP contribution in [0.3, 0.4) is 0 Å². The first-order chi connectivity index (χ1) is 12.4. The van der Waals surface area contributed by atoms with Crippen molar-refractivity contribution in [1.82, 2.24) is 14.5 Å². The molecule has 0 atom stereocenters. The number of hydrogen-bond acceptors (Lipinski definition) is 6. The molecule has 0 N–H and O–H groups in total. The summed E-state index contributed by atoms with van der Waals surface area (Å²) in [6.45, 7) is 2.56. The van der Waals surface area contributed by atoms with Crippen molar-refractivity contribution in [3.05, 3.63) is 35.5 Å². The van der Waals surface area contributed by atoms with Crippen LogP contribution in [0.15, 0.2) is 27.5 Å². The lowest BCUT2D eigenvalue weighted by Gasteiger charge is -2.29. The second kappa shape index (κ2) is 6.17. The molecule has 26 heavy (non-hydrogen) atoms. The van der Waals surface area contributed by atoms with E-state index >= 15 is 0 Å². The van der Waals surface area contributed by atoms with Gasteiger partial charge in [0, 0.05) is 38.7 Å². The SMILES string of the molecule is Cc1nnc(C2CCN(S(=O)(=O)c3ccc4c(c3)CC(=O)N4C)CC2)o1. The Morgan fingerprint density at radius 1 is 1.19 bits per heavy atom. The molecule has 0 saturated carbocycles. The molecule has 3 heterocycles. The molecule has 1 saturated heterocycles. The van der Waals surface area contributed by atoms with Gasteiger partial charge in [0.15, 0.2) is 0 Å². The molecule has 1 aromatic heterocycles. The minimum atomic E-state index is -3.58. The van der Waals surface area contributed by atoms with Crippen molar-refractivity contribution < 1.29 is 17.6 Å². The zero-order valence-corrected chi connectivity index (χ0v) is 15.5. The van der Waals surface area contributed by atoms with E-state index in [1.807, 2.05) is 0 Å². The Morgan fingerprint density at radius 3 is 2.58 bits per heavy atom. The van der Waals surface area contributed by atoms with Gasteiger partial charge in [-0.3, -0.25) is 4.79 Å². The number of carbonyl (C=O) groups is 1. The second-order valence-corrected chi connectivity index (χ2v) is 8.70. The third-order valence-corrected chi connectivity index (χ3v) is 7.01. The van der Waals surface area contributed by atoms with Crippen molar-refractivity contribution in [2.75, 3.05) is 25.0 Å². The minimum absolute atomic E-state index is 0.0230. The lowest BCUT2D eigenvalue weighted by Crippen LogP contribution is -2.38. The maximum atomic E-state index is 13.0. The molecule has 0 bridgehead atoms. The Bertz CT molecular complexity index is 961. The van der Waals surface area contributed by atoms with Crippen LogP contribution in [0.5, 0.6) is 0 Å². The number of piperidine rings is 1. The highest BCUT2D eigenvalue weighted by Gasteiger charge is 2.33. The molecule has 2 aromatic rings. The number of nitrogens with zero attached hydrogens (tertiary/aromatic N) is 4. The molecular weight excluding hydrogens is 356 g/mol. The number of hydrogen-bond donors (Lipinski definition) is 0. The van der Waals surface area contributed by atoms with Crippen LogP contribution in [0.2, 0.25) is 0 Å². The van der Waals surface area contributed by atoms with E-state index < -0.39 is 10.0 Å². The van der Waals surface area contributed by atoms with Crippen LogP contribution in [0.25, 0.3) is 0 Å².